The predicted molar refractivity (Wildman–Crippen MR) is 72.3 cm³/mol. The third-order valence-corrected chi connectivity index (χ3v) is 3.56. The van der Waals surface area contributed by atoms with Gasteiger partial charge in [0.25, 0.3) is 0 Å². The van der Waals surface area contributed by atoms with Crippen LogP contribution in [-0.2, 0) is 6.54 Å². The molecule has 4 heteroatoms. The Morgan fingerprint density at radius 1 is 1.33 bits per heavy atom. The Morgan fingerprint density at radius 3 is 2.78 bits per heavy atom. The summed E-state index contributed by atoms with van der Waals surface area (Å²) >= 11 is 0. The Morgan fingerprint density at radius 2 is 2.17 bits per heavy atom. The molecule has 1 aromatic carbocycles. The largest absolute Gasteiger partial charge is 0.493 e. The van der Waals surface area contributed by atoms with Crippen LogP contribution in [0.5, 0.6) is 11.5 Å². The van der Waals surface area contributed by atoms with Crippen LogP contribution in [0.2, 0.25) is 0 Å². The zero-order valence-electron chi connectivity index (χ0n) is 11.4. The first kappa shape index (κ1) is 13.2. The van der Waals surface area contributed by atoms with E-state index in [0.29, 0.717) is 6.04 Å². The molecule has 0 aromatic heterocycles. The van der Waals surface area contributed by atoms with Gasteiger partial charge in [0.1, 0.15) is 0 Å². The quantitative estimate of drug-likeness (QED) is 0.858. The lowest BCUT2D eigenvalue weighted by molar-refractivity contribution is 0.243. The number of para-hydroxylation sites is 1. The number of likely N-dealkylation sites (N-methyl/N-ethyl adjacent to an activating group) is 1. The van der Waals surface area contributed by atoms with Crippen molar-refractivity contribution in [1.29, 1.82) is 0 Å². The minimum Gasteiger partial charge on any atom is -0.493 e. The van der Waals surface area contributed by atoms with E-state index in [9.17, 15) is 0 Å². The van der Waals surface area contributed by atoms with Crippen molar-refractivity contribution in [2.75, 3.05) is 34.4 Å². The minimum atomic E-state index is 0.612. The van der Waals surface area contributed by atoms with Gasteiger partial charge in [-0.2, -0.15) is 0 Å². The van der Waals surface area contributed by atoms with E-state index < -0.39 is 0 Å². The third kappa shape index (κ3) is 2.76. The van der Waals surface area contributed by atoms with Crippen LogP contribution in [0, 0.1) is 0 Å². The number of hydrogen-bond acceptors (Lipinski definition) is 4. The molecule has 100 valence electrons. The second kappa shape index (κ2) is 6.07. The number of methoxy groups -OCH3 is 2. The average molecular weight is 250 g/mol. The van der Waals surface area contributed by atoms with E-state index in [1.807, 2.05) is 12.1 Å². The Kier molecular flexibility index (Phi) is 4.44. The molecule has 1 saturated heterocycles. The summed E-state index contributed by atoms with van der Waals surface area (Å²) in [5.74, 6) is 1.64. The highest BCUT2D eigenvalue weighted by molar-refractivity contribution is 5.46. The van der Waals surface area contributed by atoms with Gasteiger partial charge in [-0.15, -0.1) is 0 Å². The van der Waals surface area contributed by atoms with E-state index in [4.69, 9.17) is 9.47 Å². The molecule has 1 fully saturated rings. The molecular formula is C14H22N2O2. The molecule has 0 amide bonds. The number of nitrogens with one attached hydrogen (secondary N) is 1. The lowest BCUT2D eigenvalue weighted by Crippen LogP contribution is -2.32. The van der Waals surface area contributed by atoms with E-state index in [0.717, 1.165) is 31.1 Å². The lowest BCUT2D eigenvalue weighted by atomic mass is 10.1. The topological polar surface area (TPSA) is 33.7 Å². The van der Waals surface area contributed by atoms with Crippen LogP contribution in [-0.4, -0.2) is 45.3 Å². The van der Waals surface area contributed by atoms with Crippen LogP contribution >= 0.6 is 0 Å². The molecule has 1 aromatic rings. The predicted octanol–water partition coefficient (Wildman–Crippen LogP) is 1.50. The molecule has 0 bridgehead atoms. The molecule has 2 rings (SSSR count). The summed E-state index contributed by atoms with van der Waals surface area (Å²) in [6.07, 6.45) is 1.21. The van der Waals surface area contributed by atoms with Gasteiger partial charge in [0.15, 0.2) is 11.5 Å². The fourth-order valence-corrected chi connectivity index (χ4v) is 2.49. The molecule has 1 aliphatic rings. The Balaban J connectivity index is 2.12. The van der Waals surface area contributed by atoms with Crippen LogP contribution in [0.1, 0.15) is 12.0 Å². The molecule has 0 saturated carbocycles. The molecule has 1 aliphatic heterocycles. The highest BCUT2D eigenvalue weighted by atomic mass is 16.5. The Hall–Kier alpha value is -1.26. The zero-order chi connectivity index (χ0) is 13.0. The van der Waals surface area contributed by atoms with E-state index in [-0.39, 0.29) is 0 Å². The monoisotopic (exact) mass is 250 g/mol. The first-order valence-corrected chi connectivity index (χ1v) is 6.37. The van der Waals surface area contributed by atoms with Crippen LogP contribution in [0.4, 0.5) is 0 Å². The highest BCUT2D eigenvalue weighted by Crippen LogP contribution is 2.31. The van der Waals surface area contributed by atoms with Gasteiger partial charge < -0.3 is 14.8 Å². The summed E-state index contributed by atoms with van der Waals surface area (Å²) < 4.78 is 10.8. The number of benzene rings is 1. The maximum absolute atomic E-state index is 5.46. The first-order chi connectivity index (χ1) is 8.76. The molecule has 0 aliphatic carbocycles. The molecule has 18 heavy (non-hydrogen) atoms. The molecule has 4 nitrogen and oxygen atoms in total. The van der Waals surface area contributed by atoms with Crippen molar-refractivity contribution in [2.24, 2.45) is 0 Å². The van der Waals surface area contributed by atoms with Crippen LogP contribution in [0.3, 0.4) is 0 Å². The zero-order valence-corrected chi connectivity index (χ0v) is 11.4. The smallest absolute Gasteiger partial charge is 0.165 e. The average Bonchev–Trinajstić information content (AvgIpc) is 2.92. The van der Waals surface area contributed by atoms with Gasteiger partial charge >= 0.3 is 0 Å². The summed E-state index contributed by atoms with van der Waals surface area (Å²) in [6, 6.07) is 6.65. The summed E-state index contributed by atoms with van der Waals surface area (Å²) in [4.78, 5) is 2.37. The van der Waals surface area contributed by atoms with Crippen molar-refractivity contribution in [3.05, 3.63) is 23.8 Å². The molecule has 1 atom stereocenters. The number of rotatable bonds is 5. The van der Waals surface area contributed by atoms with Crippen molar-refractivity contribution in [3.8, 4) is 11.5 Å². The number of ether oxygens (including phenoxy) is 2. The summed E-state index contributed by atoms with van der Waals surface area (Å²) in [6.45, 7) is 3.07. The molecule has 1 unspecified atom stereocenters. The highest BCUT2D eigenvalue weighted by Gasteiger charge is 2.20. The van der Waals surface area contributed by atoms with Crippen LogP contribution < -0.4 is 14.8 Å². The Bertz CT molecular complexity index is 389. The number of hydrogen-bond donors (Lipinski definition) is 1. The number of nitrogens with zero attached hydrogens (tertiary/aromatic N) is 1. The van der Waals surface area contributed by atoms with Gasteiger partial charge in [-0.3, -0.25) is 4.90 Å². The van der Waals surface area contributed by atoms with Crippen LogP contribution in [0.15, 0.2) is 18.2 Å². The second-order valence-corrected chi connectivity index (χ2v) is 4.71. The van der Waals surface area contributed by atoms with Gasteiger partial charge in [-0.1, -0.05) is 12.1 Å². The lowest BCUT2D eigenvalue weighted by Gasteiger charge is -2.24. The summed E-state index contributed by atoms with van der Waals surface area (Å²) in [5.41, 5.74) is 1.17. The normalized spacial score (nSPS) is 19.2. The van der Waals surface area contributed by atoms with E-state index in [1.54, 1.807) is 14.2 Å². The third-order valence-electron chi connectivity index (χ3n) is 3.56. The SMILES string of the molecule is COc1cccc(CN(C)C2CCNC2)c1OC. The van der Waals surface area contributed by atoms with Crippen molar-refractivity contribution >= 4 is 0 Å². The van der Waals surface area contributed by atoms with Gasteiger partial charge in [0.05, 0.1) is 14.2 Å². The summed E-state index contributed by atoms with van der Waals surface area (Å²) in [7, 11) is 5.53. The van der Waals surface area contributed by atoms with Crippen molar-refractivity contribution in [3.63, 3.8) is 0 Å². The van der Waals surface area contributed by atoms with Gasteiger partial charge in [-0.05, 0) is 26.1 Å². The Labute approximate surface area is 109 Å². The van der Waals surface area contributed by atoms with E-state index in [1.165, 1.54) is 12.0 Å². The first-order valence-electron chi connectivity index (χ1n) is 6.37. The fourth-order valence-electron chi connectivity index (χ4n) is 2.49. The van der Waals surface area contributed by atoms with Gasteiger partial charge in [0.2, 0.25) is 0 Å². The summed E-state index contributed by atoms with van der Waals surface area (Å²) in [5, 5.41) is 3.39. The molecular weight excluding hydrogens is 228 g/mol. The van der Waals surface area contributed by atoms with Gasteiger partial charge in [0, 0.05) is 24.7 Å². The van der Waals surface area contributed by atoms with Crippen LogP contribution in [0.25, 0.3) is 0 Å². The standard InChI is InChI=1S/C14H22N2O2/c1-16(12-7-8-15-9-12)10-11-5-4-6-13(17-2)14(11)18-3/h4-6,12,15H,7-10H2,1-3H3. The molecule has 0 spiro atoms. The molecule has 1 N–H and O–H groups in total. The van der Waals surface area contributed by atoms with E-state index in [2.05, 4.69) is 23.3 Å². The van der Waals surface area contributed by atoms with Crippen molar-refractivity contribution in [1.82, 2.24) is 10.2 Å². The second-order valence-electron chi connectivity index (χ2n) is 4.71. The molecule has 0 radical (unpaired) electrons. The maximum atomic E-state index is 5.46. The van der Waals surface area contributed by atoms with Crippen molar-refractivity contribution in [2.45, 2.75) is 19.0 Å². The molecule has 1 heterocycles. The maximum Gasteiger partial charge on any atom is 0.165 e. The van der Waals surface area contributed by atoms with Gasteiger partial charge in [-0.25, -0.2) is 0 Å². The minimum absolute atomic E-state index is 0.612. The van der Waals surface area contributed by atoms with Crippen molar-refractivity contribution < 1.29 is 9.47 Å². The van der Waals surface area contributed by atoms with E-state index >= 15 is 0 Å². The fraction of sp³-hybridized carbons (Fsp3) is 0.571.